The molecule has 1 aliphatic heterocycles. The Morgan fingerprint density at radius 3 is 2.47 bits per heavy atom. The van der Waals surface area contributed by atoms with Gasteiger partial charge in [0, 0.05) is 6.54 Å². The lowest BCUT2D eigenvalue weighted by molar-refractivity contribution is 0.325. The summed E-state index contributed by atoms with van der Waals surface area (Å²) in [6.45, 7) is 4.10. The maximum absolute atomic E-state index is 5.66. The fourth-order valence-electron chi connectivity index (χ4n) is 2.13. The van der Waals surface area contributed by atoms with E-state index in [1.807, 2.05) is 24.3 Å². The standard InChI is InChI=1S/C15H21NO2.ClH/c1-17-14-8-2-3-9-15(14)18-13-7-6-12-16-10-4-5-11-16;/h2-3,6-9H,4-5,10-13H2,1H3;1H. The van der Waals surface area contributed by atoms with E-state index in [0.717, 1.165) is 18.0 Å². The highest BCUT2D eigenvalue weighted by atomic mass is 35.5. The smallest absolute Gasteiger partial charge is 0.161 e. The van der Waals surface area contributed by atoms with Crippen LogP contribution in [0.1, 0.15) is 12.8 Å². The first-order valence-corrected chi connectivity index (χ1v) is 6.53. The SMILES string of the molecule is COc1ccccc1OCC=CCN1CCCC1.Cl. The Balaban J connectivity index is 0.00000180. The molecule has 0 bridgehead atoms. The number of para-hydroxylation sites is 2. The zero-order valence-electron chi connectivity index (χ0n) is 11.4. The third-order valence-corrected chi connectivity index (χ3v) is 3.13. The van der Waals surface area contributed by atoms with E-state index in [0.29, 0.717) is 6.61 Å². The lowest BCUT2D eigenvalue weighted by atomic mass is 10.3. The first kappa shape index (κ1) is 15.9. The highest BCUT2D eigenvalue weighted by Gasteiger charge is 2.08. The topological polar surface area (TPSA) is 21.7 Å². The van der Waals surface area contributed by atoms with Crippen molar-refractivity contribution in [3.63, 3.8) is 0 Å². The zero-order valence-corrected chi connectivity index (χ0v) is 12.2. The van der Waals surface area contributed by atoms with Gasteiger partial charge in [-0.25, -0.2) is 0 Å². The van der Waals surface area contributed by atoms with Gasteiger partial charge in [0.1, 0.15) is 6.61 Å². The highest BCUT2D eigenvalue weighted by Crippen LogP contribution is 2.25. The third-order valence-electron chi connectivity index (χ3n) is 3.13. The maximum atomic E-state index is 5.66. The molecule has 1 saturated heterocycles. The zero-order chi connectivity index (χ0) is 12.6. The van der Waals surface area contributed by atoms with Crippen molar-refractivity contribution >= 4 is 12.4 Å². The molecule has 1 heterocycles. The molecule has 0 unspecified atom stereocenters. The second kappa shape index (κ2) is 8.83. The number of rotatable bonds is 6. The molecule has 0 N–H and O–H groups in total. The summed E-state index contributed by atoms with van der Waals surface area (Å²) >= 11 is 0. The van der Waals surface area contributed by atoms with Crippen LogP contribution in [0.15, 0.2) is 36.4 Å². The van der Waals surface area contributed by atoms with Crippen LogP contribution in [0.4, 0.5) is 0 Å². The van der Waals surface area contributed by atoms with Crippen molar-refractivity contribution in [2.45, 2.75) is 12.8 Å². The Hall–Kier alpha value is -1.19. The third kappa shape index (κ3) is 5.13. The molecule has 0 radical (unpaired) electrons. The minimum Gasteiger partial charge on any atom is -0.493 e. The van der Waals surface area contributed by atoms with Gasteiger partial charge in [-0.05, 0) is 38.1 Å². The molecule has 0 atom stereocenters. The van der Waals surface area contributed by atoms with Gasteiger partial charge in [-0.15, -0.1) is 12.4 Å². The summed E-state index contributed by atoms with van der Waals surface area (Å²) in [5.41, 5.74) is 0. The molecule has 19 heavy (non-hydrogen) atoms. The molecule has 106 valence electrons. The van der Waals surface area contributed by atoms with Crippen molar-refractivity contribution in [1.82, 2.24) is 4.90 Å². The molecule has 1 fully saturated rings. The van der Waals surface area contributed by atoms with Gasteiger partial charge in [0.15, 0.2) is 11.5 Å². The predicted octanol–water partition coefficient (Wildman–Crippen LogP) is 3.15. The molecule has 1 aromatic carbocycles. The molecule has 0 amide bonds. The van der Waals surface area contributed by atoms with Crippen molar-refractivity contribution in [3.8, 4) is 11.5 Å². The molecule has 3 nitrogen and oxygen atoms in total. The largest absolute Gasteiger partial charge is 0.493 e. The number of hydrogen-bond acceptors (Lipinski definition) is 3. The molecule has 2 rings (SSSR count). The number of methoxy groups -OCH3 is 1. The normalized spacial score (nSPS) is 15.4. The number of ether oxygens (including phenoxy) is 2. The second-order valence-electron chi connectivity index (χ2n) is 4.44. The minimum atomic E-state index is 0. The average Bonchev–Trinajstić information content (AvgIpc) is 2.92. The Morgan fingerprint density at radius 1 is 1.11 bits per heavy atom. The molecule has 0 spiro atoms. The van der Waals surface area contributed by atoms with Crippen LogP contribution in [0, 0.1) is 0 Å². The van der Waals surface area contributed by atoms with Gasteiger partial charge in [-0.3, -0.25) is 4.90 Å². The van der Waals surface area contributed by atoms with Crippen molar-refractivity contribution in [1.29, 1.82) is 0 Å². The van der Waals surface area contributed by atoms with Gasteiger partial charge in [-0.1, -0.05) is 24.3 Å². The van der Waals surface area contributed by atoms with E-state index < -0.39 is 0 Å². The maximum Gasteiger partial charge on any atom is 0.161 e. The first-order chi connectivity index (χ1) is 8.90. The predicted molar refractivity (Wildman–Crippen MR) is 80.6 cm³/mol. The van der Waals surface area contributed by atoms with Gasteiger partial charge in [0.25, 0.3) is 0 Å². The Kier molecular flexibility index (Phi) is 7.38. The van der Waals surface area contributed by atoms with Crippen molar-refractivity contribution in [2.24, 2.45) is 0 Å². The van der Waals surface area contributed by atoms with E-state index in [-0.39, 0.29) is 12.4 Å². The Morgan fingerprint density at radius 2 is 1.79 bits per heavy atom. The fourth-order valence-corrected chi connectivity index (χ4v) is 2.13. The van der Waals surface area contributed by atoms with Crippen molar-refractivity contribution in [2.75, 3.05) is 33.4 Å². The highest BCUT2D eigenvalue weighted by molar-refractivity contribution is 5.85. The van der Waals surface area contributed by atoms with E-state index in [1.165, 1.54) is 25.9 Å². The van der Waals surface area contributed by atoms with Crippen LogP contribution in [-0.4, -0.2) is 38.3 Å². The quantitative estimate of drug-likeness (QED) is 0.749. The number of benzene rings is 1. The second-order valence-corrected chi connectivity index (χ2v) is 4.44. The number of hydrogen-bond donors (Lipinski definition) is 0. The Bertz CT molecular complexity index is 389. The summed E-state index contributed by atoms with van der Waals surface area (Å²) in [5, 5.41) is 0. The summed E-state index contributed by atoms with van der Waals surface area (Å²) in [4.78, 5) is 2.46. The van der Waals surface area contributed by atoms with Gasteiger partial charge in [0.2, 0.25) is 0 Å². The molecule has 1 aromatic rings. The van der Waals surface area contributed by atoms with E-state index in [4.69, 9.17) is 9.47 Å². The van der Waals surface area contributed by atoms with Crippen molar-refractivity contribution in [3.05, 3.63) is 36.4 Å². The first-order valence-electron chi connectivity index (χ1n) is 6.53. The summed E-state index contributed by atoms with van der Waals surface area (Å²) in [6.07, 6.45) is 6.93. The van der Waals surface area contributed by atoms with Crippen LogP contribution in [0.5, 0.6) is 11.5 Å². The van der Waals surface area contributed by atoms with Gasteiger partial charge >= 0.3 is 0 Å². The van der Waals surface area contributed by atoms with E-state index in [1.54, 1.807) is 7.11 Å². The summed E-state index contributed by atoms with van der Waals surface area (Å²) in [6, 6.07) is 7.72. The molecule has 1 aliphatic rings. The van der Waals surface area contributed by atoms with E-state index in [2.05, 4.69) is 17.1 Å². The van der Waals surface area contributed by atoms with Gasteiger partial charge in [0.05, 0.1) is 7.11 Å². The molecule has 0 saturated carbocycles. The molecule has 0 aromatic heterocycles. The number of nitrogens with zero attached hydrogens (tertiary/aromatic N) is 1. The van der Waals surface area contributed by atoms with Gasteiger partial charge in [-0.2, -0.15) is 0 Å². The monoisotopic (exact) mass is 283 g/mol. The summed E-state index contributed by atoms with van der Waals surface area (Å²) < 4.78 is 10.9. The van der Waals surface area contributed by atoms with Crippen LogP contribution in [0.3, 0.4) is 0 Å². The van der Waals surface area contributed by atoms with E-state index in [9.17, 15) is 0 Å². The average molecular weight is 284 g/mol. The number of halogens is 1. The molecular weight excluding hydrogens is 262 g/mol. The van der Waals surface area contributed by atoms with Crippen LogP contribution in [0.25, 0.3) is 0 Å². The fraction of sp³-hybridized carbons (Fsp3) is 0.467. The lowest BCUT2D eigenvalue weighted by Gasteiger charge is -2.11. The van der Waals surface area contributed by atoms with Crippen molar-refractivity contribution < 1.29 is 9.47 Å². The van der Waals surface area contributed by atoms with Crippen LogP contribution in [-0.2, 0) is 0 Å². The van der Waals surface area contributed by atoms with Gasteiger partial charge < -0.3 is 9.47 Å². The summed E-state index contributed by atoms with van der Waals surface area (Å²) in [5.74, 6) is 1.58. The minimum absolute atomic E-state index is 0. The summed E-state index contributed by atoms with van der Waals surface area (Å²) in [7, 11) is 1.66. The van der Waals surface area contributed by atoms with Crippen LogP contribution in [0.2, 0.25) is 0 Å². The molecular formula is C15H22ClNO2. The van der Waals surface area contributed by atoms with E-state index >= 15 is 0 Å². The Labute approximate surface area is 121 Å². The van der Waals surface area contributed by atoms with Crippen LogP contribution < -0.4 is 9.47 Å². The molecule has 0 aliphatic carbocycles. The number of likely N-dealkylation sites (tertiary alicyclic amines) is 1. The molecule has 4 heteroatoms. The lowest BCUT2D eigenvalue weighted by Crippen LogP contribution is -2.18. The van der Waals surface area contributed by atoms with Crippen LogP contribution >= 0.6 is 12.4 Å².